The van der Waals surface area contributed by atoms with Crippen molar-refractivity contribution in [3.63, 3.8) is 0 Å². The van der Waals surface area contributed by atoms with E-state index < -0.39 is 5.54 Å². The number of anilines is 1. The molecule has 0 aliphatic carbocycles. The number of piperidine rings is 1. The number of aliphatic imine (C=N–C) groups is 1. The lowest BCUT2D eigenvalue weighted by Gasteiger charge is -2.53. The standard InChI is InChI=1S/C27H29FN4O/c1-3-4-15-30-17-14-27(19-20(30)2)25(31-16-13-24(31)21-9-6-5-7-10-21)29-26(33)32(27)23-12-8-11-22(28)18-23/h5-12,18,20,24H,13-17,19H2,1-2H3. The maximum Gasteiger partial charge on any atom is 0.350 e. The molecule has 3 aliphatic heterocycles. The lowest BCUT2D eigenvalue weighted by molar-refractivity contribution is 0.124. The molecule has 170 valence electrons. The Balaban J connectivity index is 1.53. The molecule has 5 nitrogen and oxygen atoms in total. The average Bonchev–Trinajstić information content (AvgIpc) is 3.04. The molecule has 2 saturated heterocycles. The monoisotopic (exact) mass is 444 g/mol. The van der Waals surface area contributed by atoms with Crippen molar-refractivity contribution < 1.29 is 9.18 Å². The van der Waals surface area contributed by atoms with Crippen LogP contribution in [0.4, 0.5) is 14.9 Å². The summed E-state index contributed by atoms with van der Waals surface area (Å²) in [6.45, 7) is 6.43. The second-order valence-electron chi connectivity index (χ2n) is 9.17. The minimum absolute atomic E-state index is 0.210. The summed E-state index contributed by atoms with van der Waals surface area (Å²) in [5, 5.41) is 0. The van der Waals surface area contributed by atoms with Crippen LogP contribution >= 0.6 is 0 Å². The molecule has 3 unspecified atom stereocenters. The quantitative estimate of drug-likeness (QED) is 0.635. The molecule has 3 heterocycles. The van der Waals surface area contributed by atoms with Gasteiger partial charge in [-0.3, -0.25) is 9.80 Å². The lowest BCUT2D eigenvalue weighted by atomic mass is 9.79. The number of carbonyl (C=O) groups is 1. The number of carbonyl (C=O) groups excluding carboxylic acids is 1. The van der Waals surface area contributed by atoms with Crippen LogP contribution in [0.15, 0.2) is 59.6 Å². The molecule has 2 amide bonds. The minimum Gasteiger partial charge on any atom is -0.351 e. The van der Waals surface area contributed by atoms with Crippen LogP contribution in [0.3, 0.4) is 0 Å². The highest BCUT2D eigenvalue weighted by Crippen LogP contribution is 2.46. The number of hydrogen-bond donors (Lipinski definition) is 0. The van der Waals surface area contributed by atoms with Gasteiger partial charge in [0.1, 0.15) is 17.2 Å². The van der Waals surface area contributed by atoms with Crippen molar-refractivity contribution in [2.45, 2.75) is 50.7 Å². The third-order valence-electron chi connectivity index (χ3n) is 7.31. The van der Waals surface area contributed by atoms with E-state index in [2.05, 4.69) is 57.8 Å². The molecule has 5 rings (SSSR count). The Morgan fingerprint density at radius 3 is 2.64 bits per heavy atom. The van der Waals surface area contributed by atoms with Gasteiger partial charge in [0.2, 0.25) is 0 Å². The smallest absolute Gasteiger partial charge is 0.350 e. The number of likely N-dealkylation sites (tertiary alicyclic amines) is 2. The summed E-state index contributed by atoms with van der Waals surface area (Å²) in [6.07, 6.45) is 2.50. The number of nitrogens with zero attached hydrogens (tertiary/aromatic N) is 4. The van der Waals surface area contributed by atoms with E-state index in [4.69, 9.17) is 0 Å². The number of halogens is 1. The molecule has 2 aromatic carbocycles. The molecule has 0 saturated carbocycles. The summed E-state index contributed by atoms with van der Waals surface area (Å²) >= 11 is 0. The number of benzene rings is 2. The maximum absolute atomic E-state index is 14.2. The molecule has 0 radical (unpaired) electrons. The third kappa shape index (κ3) is 3.71. The van der Waals surface area contributed by atoms with E-state index in [1.165, 1.54) is 17.7 Å². The first-order valence-corrected chi connectivity index (χ1v) is 11.7. The van der Waals surface area contributed by atoms with Gasteiger partial charge in [-0.05, 0) is 56.9 Å². The summed E-state index contributed by atoms with van der Waals surface area (Å²) in [4.78, 5) is 24.4. The molecule has 1 spiro atoms. The van der Waals surface area contributed by atoms with Crippen LogP contribution in [0.1, 0.15) is 44.7 Å². The van der Waals surface area contributed by atoms with Crippen LogP contribution in [0.5, 0.6) is 0 Å². The van der Waals surface area contributed by atoms with Gasteiger partial charge in [0, 0.05) is 24.8 Å². The Bertz CT molecular complexity index is 1140. The van der Waals surface area contributed by atoms with E-state index in [0.29, 0.717) is 12.2 Å². The fraction of sp³-hybridized carbons (Fsp3) is 0.407. The van der Waals surface area contributed by atoms with Crippen LogP contribution in [-0.2, 0) is 0 Å². The zero-order valence-electron chi connectivity index (χ0n) is 19.2. The first-order valence-electron chi connectivity index (χ1n) is 11.7. The van der Waals surface area contributed by atoms with Gasteiger partial charge >= 0.3 is 6.03 Å². The zero-order valence-corrected chi connectivity index (χ0v) is 19.2. The van der Waals surface area contributed by atoms with E-state index in [1.54, 1.807) is 11.0 Å². The lowest BCUT2D eigenvalue weighted by Crippen LogP contribution is -2.65. The molecular formula is C27H29FN4O. The van der Waals surface area contributed by atoms with Gasteiger partial charge in [-0.2, -0.15) is 4.99 Å². The molecule has 2 fully saturated rings. The van der Waals surface area contributed by atoms with E-state index >= 15 is 0 Å². The van der Waals surface area contributed by atoms with E-state index in [-0.39, 0.29) is 23.9 Å². The number of urea groups is 1. The van der Waals surface area contributed by atoms with E-state index in [9.17, 15) is 9.18 Å². The van der Waals surface area contributed by atoms with Crippen LogP contribution in [0.2, 0.25) is 0 Å². The Labute approximate surface area is 194 Å². The highest BCUT2D eigenvalue weighted by molar-refractivity contribution is 6.16. The molecular weight excluding hydrogens is 415 g/mol. The first-order chi connectivity index (χ1) is 16.0. The summed E-state index contributed by atoms with van der Waals surface area (Å²) < 4.78 is 14.2. The molecule has 2 aromatic rings. The molecule has 6 heteroatoms. The van der Waals surface area contributed by atoms with Gasteiger partial charge in [-0.15, -0.1) is 5.92 Å². The van der Waals surface area contributed by atoms with Crippen LogP contribution in [0.25, 0.3) is 0 Å². The minimum atomic E-state index is -0.589. The fourth-order valence-electron chi connectivity index (χ4n) is 5.59. The van der Waals surface area contributed by atoms with Crippen LogP contribution in [-0.4, -0.2) is 52.9 Å². The number of hydrogen-bond acceptors (Lipinski definition) is 3. The average molecular weight is 445 g/mol. The normalized spacial score (nSPS) is 27.2. The first kappa shape index (κ1) is 21.7. The summed E-state index contributed by atoms with van der Waals surface area (Å²) in [7, 11) is 0. The molecule has 0 bridgehead atoms. The van der Waals surface area contributed by atoms with Crippen LogP contribution in [0, 0.1) is 17.7 Å². The second-order valence-corrected chi connectivity index (χ2v) is 9.17. The van der Waals surface area contributed by atoms with Crippen molar-refractivity contribution >= 4 is 17.6 Å². The summed E-state index contributed by atoms with van der Waals surface area (Å²) in [5.74, 6) is 6.65. The van der Waals surface area contributed by atoms with Crippen molar-refractivity contribution in [3.05, 3.63) is 66.0 Å². The van der Waals surface area contributed by atoms with Crippen molar-refractivity contribution in [2.75, 3.05) is 24.5 Å². The molecule has 0 N–H and O–H groups in total. The summed E-state index contributed by atoms with van der Waals surface area (Å²) in [6, 6.07) is 16.9. The summed E-state index contributed by atoms with van der Waals surface area (Å²) in [5.41, 5.74) is 1.22. The van der Waals surface area contributed by atoms with Crippen molar-refractivity contribution in [2.24, 2.45) is 4.99 Å². The van der Waals surface area contributed by atoms with Gasteiger partial charge in [0.25, 0.3) is 0 Å². The highest BCUT2D eigenvalue weighted by Gasteiger charge is 2.56. The molecule has 3 aliphatic rings. The van der Waals surface area contributed by atoms with Crippen LogP contribution < -0.4 is 4.90 Å². The predicted octanol–water partition coefficient (Wildman–Crippen LogP) is 4.86. The predicted molar refractivity (Wildman–Crippen MR) is 129 cm³/mol. The van der Waals surface area contributed by atoms with Crippen molar-refractivity contribution in [1.82, 2.24) is 9.80 Å². The highest BCUT2D eigenvalue weighted by atomic mass is 19.1. The van der Waals surface area contributed by atoms with Gasteiger partial charge in [-0.25, -0.2) is 9.18 Å². The Morgan fingerprint density at radius 1 is 1.15 bits per heavy atom. The van der Waals surface area contributed by atoms with Gasteiger partial charge in [0.15, 0.2) is 0 Å². The molecule has 33 heavy (non-hydrogen) atoms. The molecule has 0 aromatic heterocycles. The largest absolute Gasteiger partial charge is 0.351 e. The van der Waals surface area contributed by atoms with Crippen molar-refractivity contribution in [3.8, 4) is 11.8 Å². The van der Waals surface area contributed by atoms with E-state index in [1.807, 2.05) is 19.1 Å². The number of rotatable bonds is 3. The van der Waals surface area contributed by atoms with Gasteiger partial charge < -0.3 is 4.90 Å². The molecule has 3 atom stereocenters. The maximum atomic E-state index is 14.2. The van der Waals surface area contributed by atoms with Gasteiger partial charge in [-0.1, -0.05) is 42.3 Å². The third-order valence-corrected chi connectivity index (χ3v) is 7.31. The topological polar surface area (TPSA) is 39.1 Å². The van der Waals surface area contributed by atoms with E-state index in [0.717, 1.165) is 38.2 Å². The van der Waals surface area contributed by atoms with Gasteiger partial charge in [0.05, 0.1) is 12.6 Å². The van der Waals surface area contributed by atoms with Crippen molar-refractivity contribution in [1.29, 1.82) is 0 Å². The second kappa shape index (κ2) is 8.64. The fourth-order valence-corrected chi connectivity index (χ4v) is 5.59. The number of amides is 2. The Morgan fingerprint density at radius 2 is 1.97 bits per heavy atom. The Hall–Kier alpha value is -3.17. The Kier molecular flexibility index (Phi) is 5.67. The SMILES string of the molecule is CC#CCN1CCC2(CC1C)C(N1CCC1c1ccccc1)=NC(=O)N2c1cccc(F)c1. The zero-order chi connectivity index (χ0) is 23.0. The number of amidine groups is 1.